The van der Waals surface area contributed by atoms with Crippen LogP contribution in [0.3, 0.4) is 0 Å². The molecule has 2 saturated carbocycles. The molecule has 1 aromatic heterocycles. The third kappa shape index (κ3) is 4.04. The maximum absolute atomic E-state index is 12.0. The molecule has 0 N–H and O–H groups in total. The standard InChI is InChI=1S/C22H34N4O3/c1-2-28-21(27)25-11-8-22(16-25)13-20(14-22)24-9-5-19(6-10-24)26(18-3-4-18)15-17-7-12-29-23-17/h7,12,18-20H,2-6,8-11,13-16H2,1H3. The van der Waals surface area contributed by atoms with Crippen molar-refractivity contribution >= 4 is 6.09 Å². The van der Waals surface area contributed by atoms with Crippen molar-refractivity contribution in [1.82, 2.24) is 19.9 Å². The van der Waals surface area contributed by atoms with Gasteiger partial charge in [0, 0.05) is 43.8 Å². The Bertz CT molecular complexity index is 691. The van der Waals surface area contributed by atoms with Crippen LogP contribution in [0.25, 0.3) is 0 Å². The number of amides is 1. The van der Waals surface area contributed by atoms with E-state index in [-0.39, 0.29) is 6.09 Å². The van der Waals surface area contributed by atoms with Crippen LogP contribution in [0.5, 0.6) is 0 Å². The first kappa shape index (κ1) is 19.4. The Morgan fingerprint density at radius 3 is 2.66 bits per heavy atom. The normalized spacial score (nSPS) is 30.8. The van der Waals surface area contributed by atoms with Crippen LogP contribution in [-0.2, 0) is 11.3 Å². The Kier molecular flexibility index (Phi) is 5.28. The maximum atomic E-state index is 12.0. The lowest BCUT2D eigenvalue weighted by Crippen LogP contribution is -2.56. The molecule has 2 aliphatic carbocycles. The van der Waals surface area contributed by atoms with E-state index < -0.39 is 0 Å². The van der Waals surface area contributed by atoms with Gasteiger partial charge in [-0.2, -0.15) is 0 Å². The van der Waals surface area contributed by atoms with Gasteiger partial charge < -0.3 is 19.1 Å². The van der Waals surface area contributed by atoms with Gasteiger partial charge in [-0.25, -0.2) is 4.79 Å². The second kappa shape index (κ2) is 7.91. The van der Waals surface area contributed by atoms with Crippen LogP contribution in [0, 0.1) is 5.41 Å². The summed E-state index contributed by atoms with van der Waals surface area (Å²) in [6.07, 6.45) is 10.4. The van der Waals surface area contributed by atoms with Gasteiger partial charge in [-0.15, -0.1) is 0 Å². The second-order valence-electron chi connectivity index (χ2n) is 9.59. The third-order valence-electron chi connectivity index (χ3n) is 7.64. The van der Waals surface area contributed by atoms with Gasteiger partial charge in [0.1, 0.15) is 6.26 Å². The molecule has 0 atom stereocenters. The zero-order valence-corrected chi connectivity index (χ0v) is 17.6. The Balaban J connectivity index is 1.09. The van der Waals surface area contributed by atoms with Crippen molar-refractivity contribution in [3.05, 3.63) is 18.0 Å². The van der Waals surface area contributed by atoms with Gasteiger partial charge in [-0.3, -0.25) is 4.90 Å². The number of carbonyl (C=O) groups is 1. The second-order valence-corrected chi connectivity index (χ2v) is 9.59. The molecule has 4 fully saturated rings. The summed E-state index contributed by atoms with van der Waals surface area (Å²) in [6, 6.07) is 4.14. The van der Waals surface area contributed by atoms with Crippen molar-refractivity contribution in [1.29, 1.82) is 0 Å². The van der Waals surface area contributed by atoms with E-state index in [4.69, 9.17) is 9.26 Å². The van der Waals surface area contributed by atoms with Gasteiger partial charge in [0.2, 0.25) is 0 Å². The first-order chi connectivity index (χ1) is 14.2. The van der Waals surface area contributed by atoms with Crippen LogP contribution >= 0.6 is 0 Å². The molecule has 1 amide bonds. The predicted octanol–water partition coefficient (Wildman–Crippen LogP) is 3.11. The highest BCUT2D eigenvalue weighted by Crippen LogP contribution is 2.50. The molecule has 7 heteroatoms. The van der Waals surface area contributed by atoms with E-state index in [1.807, 2.05) is 17.9 Å². The number of aromatic nitrogens is 1. The Morgan fingerprint density at radius 1 is 1.24 bits per heavy atom. The van der Waals surface area contributed by atoms with Crippen molar-refractivity contribution in [3.8, 4) is 0 Å². The molecular weight excluding hydrogens is 368 g/mol. The third-order valence-corrected chi connectivity index (χ3v) is 7.64. The molecule has 4 aliphatic rings. The molecule has 0 aromatic carbocycles. The van der Waals surface area contributed by atoms with Gasteiger partial charge in [0.05, 0.1) is 12.3 Å². The van der Waals surface area contributed by atoms with E-state index in [0.29, 0.717) is 24.1 Å². The SMILES string of the molecule is CCOC(=O)N1CCC2(CC(N3CCC(N(Cc4ccon4)C4CC4)CC3)C2)C1. The number of carbonyl (C=O) groups excluding carboxylic acids is 1. The minimum absolute atomic E-state index is 0.124. The lowest BCUT2D eigenvalue weighted by molar-refractivity contribution is -0.0179. The quantitative estimate of drug-likeness (QED) is 0.729. The molecule has 0 unspecified atom stereocenters. The van der Waals surface area contributed by atoms with Crippen molar-refractivity contribution < 1.29 is 14.1 Å². The minimum Gasteiger partial charge on any atom is -0.450 e. The lowest BCUT2D eigenvalue weighted by atomic mass is 9.64. The van der Waals surface area contributed by atoms with Crippen LogP contribution < -0.4 is 0 Å². The van der Waals surface area contributed by atoms with Crippen LogP contribution in [0.2, 0.25) is 0 Å². The number of likely N-dealkylation sites (tertiary alicyclic amines) is 2. The number of nitrogens with zero attached hydrogens (tertiary/aromatic N) is 4. The van der Waals surface area contributed by atoms with Crippen LogP contribution in [0.4, 0.5) is 4.79 Å². The molecule has 0 radical (unpaired) electrons. The topological polar surface area (TPSA) is 62.1 Å². The molecule has 1 aromatic rings. The zero-order chi connectivity index (χ0) is 19.8. The van der Waals surface area contributed by atoms with E-state index >= 15 is 0 Å². The van der Waals surface area contributed by atoms with Crippen molar-refractivity contribution in [2.75, 3.05) is 32.8 Å². The zero-order valence-electron chi connectivity index (χ0n) is 17.6. The van der Waals surface area contributed by atoms with Gasteiger partial charge in [0.15, 0.2) is 0 Å². The fourth-order valence-corrected chi connectivity index (χ4v) is 5.89. The number of rotatable bonds is 6. The number of piperidine rings is 1. The van der Waals surface area contributed by atoms with Crippen molar-refractivity contribution in [2.45, 2.75) is 76.5 Å². The summed E-state index contributed by atoms with van der Waals surface area (Å²) in [5, 5.41) is 4.13. The fourth-order valence-electron chi connectivity index (χ4n) is 5.89. The monoisotopic (exact) mass is 402 g/mol. The molecule has 3 heterocycles. The average Bonchev–Trinajstić information content (AvgIpc) is 3.23. The summed E-state index contributed by atoms with van der Waals surface area (Å²) in [5.41, 5.74) is 1.43. The highest BCUT2D eigenvalue weighted by molar-refractivity contribution is 5.68. The lowest BCUT2D eigenvalue weighted by Gasteiger charge is -2.52. The van der Waals surface area contributed by atoms with Crippen LogP contribution in [-0.4, -0.2) is 76.9 Å². The summed E-state index contributed by atoms with van der Waals surface area (Å²) < 4.78 is 10.2. The average molecular weight is 403 g/mol. The van der Waals surface area contributed by atoms with Crippen molar-refractivity contribution in [3.63, 3.8) is 0 Å². The van der Waals surface area contributed by atoms with E-state index in [2.05, 4.69) is 15.0 Å². The maximum Gasteiger partial charge on any atom is 0.409 e. The largest absolute Gasteiger partial charge is 0.450 e. The van der Waals surface area contributed by atoms with E-state index in [0.717, 1.165) is 37.8 Å². The molecule has 2 saturated heterocycles. The smallest absolute Gasteiger partial charge is 0.409 e. The minimum atomic E-state index is -0.124. The summed E-state index contributed by atoms with van der Waals surface area (Å²) in [4.78, 5) is 19.3. The first-order valence-electron chi connectivity index (χ1n) is 11.5. The van der Waals surface area contributed by atoms with Crippen LogP contribution in [0.15, 0.2) is 16.9 Å². The summed E-state index contributed by atoms with van der Waals surface area (Å²) in [6.45, 7) is 7.45. The Labute approximate surface area is 173 Å². The summed E-state index contributed by atoms with van der Waals surface area (Å²) in [7, 11) is 0. The molecule has 29 heavy (non-hydrogen) atoms. The van der Waals surface area contributed by atoms with Crippen LogP contribution in [0.1, 0.15) is 57.6 Å². The van der Waals surface area contributed by atoms with Crippen molar-refractivity contribution in [2.24, 2.45) is 5.41 Å². The molecule has 0 bridgehead atoms. The highest BCUT2D eigenvalue weighted by atomic mass is 16.6. The van der Waals surface area contributed by atoms with E-state index in [1.165, 1.54) is 51.6 Å². The van der Waals surface area contributed by atoms with Gasteiger partial charge in [0.25, 0.3) is 0 Å². The van der Waals surface area contributed by atoms with E-state index in [1.54, 1.807) is 6.26 Å². The first-order valence-corrected chi connectivity index (χ1v) is 11.5. The molecule has 160 valence electrons. The summed E-state index contributed by atoms with van der Waals surface area (Å²) >= 11 is 0. The molecular formula is C22H34N4O3. The van der Waals surface area contributed by atoms with Gasteiger partial charge in [-0.1, -0.05) is 5.16 Å². The molecule has 7 nitrogen and oxygen atoms in total. The van der Waals surface area contributed by atoms with Gasteiger partial charge in [-0.05, 0) is 70.4 Å². The Hall–Kier alpha value is -1.60. The summed E-state index contributed by atoms with van der Waals surface area (Å²) in [5.74, 6) is 0. The predicted molar refractivity (Wildman–Crippen MR) is 108 cm³/mol. The molecule has 5 rings (SSSR count). The molecule has 1 spiro atoms. The van der Waals surface area contributed by atoms with E-state index in [9.17, 15) is 4.79 Å². The number of ether oxygens (including phenoxy) is 1. The molecule has 2 aliphatic heterocycles. The van der Waals surface area contributed by atoms with Gasteiger partial charge >= 0.3 is 6.09 Å². The fraction of sp³-hybridized carbons (Fsp3) is 0.818. The number of hydrogen-bond donors (Lipinski definition) is 0. The highest BCUT2D eigenvalue weighted by Gasteiger charge is 2.51. The number of hydrogen-bond acceptors (Lipinski definition) is 6. The Morgan fingerprint density at radius 2 is 2.00 bits per heavy atom.